The van der Waals surface area contributed by atoms with Crippen LogP contribution in [0, 0.1) is 0 Å². The molecule has 1 fully saturated rings. The number of ether oxygens (including phenoxy) is 1. The smallest absolute Gasteiger partial charge is 0.228 e. The molecule has 134 valence electrons. The minimum absolute atomic E-state index is 0.187. The Morgan fingerprint density at radius 2 is 2.08 bits per heavy atom. The van der Waals surface area contributed by atoms with Crippen LogP contribution in [0.15, 0.2) is 24.7 Å². The summed E-state index contributed by atoms with van der Waals surface area (Å²) in [6, 6.07) is 1.76. The third-order valence-corrected chi connectivity index (χ3v) is 4.21. The molecule has 8 heteroatoms. The van der Waals surface area contributed by atoms with Gasteiger partial charge in [0.15, 0.2) is 0 Å². The molecule has 0 atom stereocenters. The summed E-state index contributed by atoms with van der Waals surface area (Å²) in [7, 11) is 1.88. The summed E-state index contributed by atoms with van der Waals surface area (Å²) < 4.78 is 7.18. The summed E-state index contributed by atoms with van der Waals surface area (Å²) in [5, 5.41) is 4.13. The molecular formula is C17H24N6O2. The lowest BCUT2D eigenvalue weighted by Crippen LogP contribution is -2.49. The van der Waals surface area contributed by atoms with E-state index in [9.17, 15) is 4.79 Å². The first-order valence-electron chi connectivity index (χ1n) is 8.62. The predicted molar refractivity (Wildman–Crippen MR) is 93.5 cm³/mol. The standard InChI is InChI=1S/C17H24N6O2/c1-3-25-15-6-7-18-17(20-15)23-10-8-22(9-11-23)16(24)5-4-14-12-19-21(2)13-14/h6-7,12-13H,3-5,8-11H2,1-2H3. The van der Waals surface area contributed by atoms with Gasteiger partial charge in [-0.2, -0.15) is 10.1 Å². The number of carbonyl (C=O) groups is 1. The van der Waals surface area contributed by atoms with E-state index in [1.165, 1.54) is 0 Å². The maximum absolute atomic E-state index is 12.4. The van der Waals surface area contributed by atoms with Gasteiger partial charge in [0.2, 0.25) is 17.7 Å². The summed E-state index contributed by atoms with van der Waals surface area (Å²) in [6.07, 6.45) is 6.72. The largest absolute Gasteiger partial charge is 0.478 e. The maximum Gasteiger partial charge on any atom is 0.228 e. The normalized spacial score (nSPS) is 14.6. The molecule has 0 saturated carbocycles. The fourth-order valence-corrected chi connectivity index (χ4v) is 2.88. The molecule has 1 saturated heterocycles. The highest BCUT2D eigenvalue weighted by molar-refractivity contribution is 5.76. The van der Waals surface area contributed by atoms with E-state index in [1.54, 1.807) is 16.9 Å². The highest BCUT2D eigenvalue weighted by atomic mass is 16.5. The van der Waals surface area contributed by atoms with Crippen molar-refractivity contribution in [2.75, 3.05) is 37.7 Å². The van der Waals surface area contributed by atoms with E-state index in [-0.39, 0.29) is 5.91 Å². The number of amides is 1. The van der Waals surface area contributed by atoms with Crippen molar-refractivity contribution in [2.24, 2.45) is 7.05 Å². The molecule has 8 nitrogen and oxygen atoms in total. The number of aryl methyl sites for hydroxylation is 2. The van der Waals surface area contributed by atoms with E-state index in [0.29, 0.717) is 37.9 Å². The number of carbonyl (C=O) groups excluding carboxylic acids is 1. The molecule has 2 aromatic rings. The zero-order valence-corrected chi connectivity index (χ0v) is 14.8. The van der Waals surface area contributed by atoms with Gasteiger partial charge in [0, 0.05) is 58.1 Å². The highest BCUT2D eigenvalue weighted by Crippen LogP contribution is 2.15. The highest BCUT2D eigenvalue weighted by Gasteiger charge is 2.22. The Morgan fingerprint density at radius 3 is 2.76 bits per heavy atom. The average molecular weight is 344 g/mol. The summed E-state index contributed by atoms with van der Waals surface area (Å²) >= 11 is 0. The van der Waals surface area contributed by atoms with Gasteiger partial charge < -0.3 is 14.5 Å². The average Bonchev–Trinajstić information content (AvgIpc) is 3.06. The van der Waals surface area contributed by atoms with Gasteiger partial charge >= 0.3 is 0 Å². The molecule has 0 N–H and O–H groups in total. The number of piperazine rings is 1. The molecule has 1 aliphatic rings. The topological polar surface area (TPSA) is 76.4 Å². The van der Waals surface area contributed by atoms with Crippen molar-refractivity contribution in [3.63, 3.8) is 0 Å². The second-order valence-corrected chi connectivity index (χ2v) is 6.02. The lowest BCUT2D eigenvalue weighted by molar-refractivity contribution is -0.131. The zero-order valence-electron chi connectivity index (χ0n) is 14.8. The van der Waals surface area contributed by atoms with E-state index in [2.05, 4.69) is 20.0 Å². The summed E-state index contributed by atoms with van der Waals surface area (Å²) in [5.74, 6) is 1.43. The maximum atomic E-state index is 12.4. The minimum Gasteiger partial charge on any atom is -0.478 e. The van der Waals surface area contributed by atoms with Gasteiger partial charge in [-0.05, 0) is 18.9 Å². The van der Waals surface area contributed by atoms with Crippen molar-refractivity contribution < 1.29 is 9.53 Å². The van der Waals surface area contributed by atoms with Gasteiger partial charge in [0.25, 0.3) is 0 Å². The van der Waals surface area contributed by atoms with Crippen LogP contribution < -0.4 is 9.64 Å². The van der Waals surface area contributed by atoms with Crippen molar-refractivity contribution in [3.8, 4) is 5.88 Å². The van der Waals surface area contributed by atoms with Gasteiger partial charge in [-0.3, -0.25) is 9.48 Å². The van der Waals surface area contributed by atoms with Gasteiger partial charge in [-0.25, -0.2) is 4.98 Å². The fraction of sp³-hybridized carbons (Fsp3) is 0.529. The molecular weight excluding hydrogens is 320 g/mol. The number of hydrogen-bond acceptors (Lipinski definition) is 6. The van der Waals surface area contributed by atoms with Crippen molar-refractivity contribution in [3.05, 3.63) is 30.2 Å². The molecule has 1 aliphatic heterocycles. The van der Waals surface area contributed by atoms with Crippen LogP contribution in [0.3, 0.4) is 0 Å². The van der Waals surface area contributed by atoms with E-state index in [0.717, 1.165) is 25.1 Å². The van der Waals surface area contributed by atoms with Crippen LogP contribution in [0.1, 0.15) is 18.9 Å². The Hall–Kier alpha value is -2.64. The van der Waals surface area contributed by atoms with E-state index < -0.39 is 0 Å². The predicted octanol–water partition coefficient (Wildman–Crippen LogP) is 0.890. The quantitative estimate of drug-likeness (QED) is 0.775. The van der Waals surface area contributed by atoms with Crippen LogP contribution in [0.5, 0.6) is 5.88 Å². The van der Waals surface area contributed by atoms with Crippen LogP contribution in [-0.2, 0) is 18.3 Å². The Morgan fingerprint density at radius 1 is 1.28 bits per heavy atom. The van der Waals surface area contributed by atoms with Gasteiger partial charge in [0.1, 0.15) is 0 Å². The second-order valence-electron chi connectivity index (χ2n) is 6.02. The van der Waals surface area contributed by atoms with Crippen LogP contribution in [-0.4, -0.2) is 63.3 Å². The Bertz CT molecular complexity index is 709. The molecule has 3 rings (SSSR count). The minimum atomic E-state index is 0.187. The van der Waals surface area contributed by atoms with Crippen LogP contribution in [0.2, 0.25) is 0 Å². The first-order valence-corrected chi connectivity index (χ1v) is 8.62. The monoisotopic (exact) mass is 344 g/mol. The lowest BCUT2D eigenvalue weighted by Gasteiger charge is -2.34. The zero-order chi connectivity index (χ0) is 17.6. The van der Waals surface area contributed by atoms with Crippen molar-refractivity contribution in [1.82, 2.24) is 24.6 Å². The van der Waals surface area contributed by atoms with Crippen molar-refractivity contribution in [1.29, 1.82) is 0 Å². The Balaban J connectivity index is 1.49. The number of aromatic nitrogens is 4. The summed E-state index contributed by atoms with van der Waals surface area (Å²) in [4.78, 5) is 25.1. The van der Waals surface area contributed by atoms with Crippen LogP contribution in [0.4, 0.5) is 5.95 Å². The number of rotatable bonds is 6. The molecule has 2 aromatic heterocycles. The first-order chi connectivity index (χ1) is 12.2. The lowest BCUT2D eigenvalue weighted by atomic mass is 10.2. The molecule has 0 unspecified atom stereocenters. The molecule has 0 radical (unpaired) electrons. The Kier molecular flexibility index (Phi) is 5.47. The SMILES string of the molecule is CCOc1ccnc(N2CCN(C(=O)CCc3cnn(C)c3)CC2)n1. The van der Waals surface area contributed by atoms with Crippen molar-refractivity contribution in [2.45, 2.75) is 19.8 Å². The third-order valence-electron chi connectivity index (χ3n) is 4.21. The molecule has 25 heavy (non-hydrogen) atoms. The van der Waals surface area contributed by atoms with Gasteiger partial charge in [0.05, 0.1) is 12.8 Å². The number of hydrogen-bond donors (Lipinski definition) is 0. The van der Waals surface area contributed by atoms with E-state index in [4.69, 9.17) is 4.74 Å². The first kappa shape index (κ1) is 17.2. The van der Waals surface area contributed by atoms with E-state index >= 15 is 0 Å². The fourth-order valence-electron chi connectivity index (χ4n) is 2.88. The van der Waals surface area contributed by atoms with Crippen LogP contribution in [0.25, 0.3) is 0 Å². The number of anilines is 1. The molecule has 0 bridgehead atoms. The molecule has 3 heterocycles. The van der Waals surface area contributed by atoms with Gasteiger partial charge in [-0.15, -0.1) is 0 Å². The summed E-state index contributed by atoms with van der Waals surface area (Å²) in [6.45, 7) is 5.35. The second kappa shape index (κ2) is 7.96. The Labute approximate surface area is 147 Å². The number of nitrogens with zero attached hydrogens (tertiary/aromatic N) is 6. The van der Waals surface area contributed by atoms with Gasteiger partial charge in [-0.1, -0.05) is 0 Å². The molecule has 1 amide bonds. The van der Waals surface area contributed by atoms with E-state index in [1.807, 2.05) is 31.3 Å². The van der Waals surface area contributed by atoms with Crippen molar-refractivity contribution >= 4 is 11.9 Å². The molecule has 0 spiro atoms. The van der Waals surface area contributed by atoms with Crippen LogP contribution >= 0.6 is 0 Å². The molecule has 0 aliphatic carbocycles. The summed E-state index contributed by atoms with van der Waals surface area (Å²) in [5.41, 5.74) is 1.09. The molecule has 0 aromatic carbocycles. The third kappa shape index (κ3) is 4.46.